The maximum atomic E-state index is 14.0. The molecular formula is C16H19ClFN3O2S. The summed E-state index contributed by atoms with van der Waals surface area (Å²) < 4.78 is 43.0. The van der Waals surface area contributed by atoms with Gasteiger partial charge in [0.1, 0.15) is 5.82 Å². The van der Waals surface area contributed by atoms with Crippen LogP contribution in [0.3, 0.4) is 0 Å². The van der Waals surface area contributed by atoms with E-state index in [2.05, 4.69) is 5.10 Å². The van der Waals surface area contributed by atoms with Crippen LogP contribution in [0.4, 0.5) is 4.39 Å². The van der Waals surface area contributed by atoms with Gasteiger partial charge in [-0.1, -0.05) is 24.1 Å². The Hall–Kier alpha value is -1.44. The summed E-state index contributed by atoms with van der Waals surface area (Å²) in [4.78, 5) is 0. The van der Waals surface area contributed by atoms with Crippen molar-refractivity contribution in [1.82, 2.24) is 14.1 Å². The van der Waals surface area contributed by atoms with Crippen LogP contribution in [-0.2, 0) is 22.8 Å². The highest BCUT2D eigenvalue weighted by molar-refractivity contribution is 7.88. The quantitative estimate of drug-likeness (QED) is 0.828. The Morgan fingerprint density at radius 2 is 2.17 bits per heavy atom. The number of nitrogens with zero attached hydrogens (tertiary/aromatic N) is 3. The first kappa shape index (κ1) is 17.4. The van der Waals surface area contributed by atoms with Gasteiger partial charge in [-0.2, -0.15) is 9.40 Å². The van der Waals surface area contributed by atoms with Crippen molar-refractivity contribution < 1.29 is 12.8 Å². The highest BCUT2D eigenvalue weighted by Gasteiger charge is 2.34. The summed E-state index contributed by atoms with van der Waals surface area (Å²) in [5.74, 6) is -1.03. The Bertz CT molecular complexity index is 817. The van der Waals surface area contributed by atoms with Gasteiger partial charge in [0.25, 0.3) is 0 Å². The van der Waals surface area contributed by atoms with Crippen LogP contribution in [0.15, 0.2) is 30.6 Å². The average Bonchev–Trinajstić information content (AvgIpc) is 2.98. The van der Waals surface area contributed by atoms with Gasteiger partial charge in [-0.3, -0.25) is 4.68 Å². The van der Waals surface area contributed by atoms with E-state index in [1.54, 1.807) is 17.9 Å². The lowest BCUT2D eigenvalue weighted by molar-refractivity contribution is 0.255. The molecule has 5 nitrogen and oxygen atoms in total. The summed E-state index contributed by atoms with van der Waals surface area (Å²) >= 11 is 5.99. The summed E-state index contributed by atoms with van der Waals surface area (Å²) in [6.07, 6.45) is 5.99. The normalized spacial score (nSPS) is 19.5. The lowest BCUT2D eigenvalue weighted by atomic mass is 10.0. The predicted octanol–water partition coefficient (Wildman–Crippen LogP) is 3.27. The molecule has 1 atom stereocenters. The van der Waals surface area contributed by atoms with E-state index < -0.39 is 21.6 Å². The number of piperidine rings is 1. The SMILES string of the molecule is Cn1cc(C2CCCCN2S(=O)(=O)Cc2c(F)cccc2Cl)cn1. The Morgan fingerprint density at radius 3 is 2.83 bits per heavy atom. The highest BCUT2D eigenvalue weighted by atomic mass is 35.5. The van der Waals surface area contributed by atoms with Crippen molar-refractivity contribution in [1.29, 1.82) is 0 Å². The fourth-order valence-electron chi connectivity index (χ4n) is 3.12. The van der Waals surface area contributed by atoms with E-state index in [1.165, 1.54) is 22.5 Å². The largest absolute Gasteiger partial charge is 0.275 e. The second-order valence-electron chi connectivity index (χ2n) is 6.03. The van der Waals surface area contributed by atoms with Gasteiger partial charge in [-0.05, 0) is 25.0 Å². The standard InChI is InChI=1S/C16H19ClFN3O2S/c1-20-10-12(9-19-20)16-7-2-3-8-21(16)24(22,23)11-13-14(17)5-4-6-15(13)18/h4-6,9-10,16H,2-3,7-8,11H2,1H3. The van der Waals surface area contributed by atoms with Crippen molar-refractivity contribution in [2.45, 2.75) is 31.1 Å². The second kappa shape index (κ2) is 6.82. The Balaban J connectivity index is 1.92. The molecule has 130 valence electrons. The van der Waals surface area contributed by atoms with Crippen molar-refractivity contribution >= 4 is 21.6 Å². The van der Waals surface area contributed by atoms with Gasteiger partial charge < -0.3 is 0 Å². The third-order valence-corrected chi connectivity index (χ3v) is 6.47. The van der Waals surface area contributed by atoms with Crippen molar-refractivity contribution in [2.75, 3.05) is 6.54 Å². The third-order valence-electron chi connectivity index (χ3n) is 4.31. The fraction of sp³-hybridized carbons (Fsp3) is 0.438. The number of rotatable bonds is 4. The summed E-state index contributed by atoms with van der Waals surface area (Å²) in [6.45, 7) is 0.425. The molecule has 1 fully saturated rings. The van der Waals surface area contributed by atoms with E-state index in [1.807, 2.05) is 6.20 Å². The summed E-state index contributed by atoms with van der Waals surface area (Å²) in [5, 5.41) is 4.27. The Morgan fingerprint density at radius 1 is 1.38 bits per heavy atom. The number of aryl methyl sites for hydroxylation is 1. The minimum atomic E-state index is -3.70. The van der Waals surface area contributed by atoms with E-state index in [0.29, 0.717) is 6.54 Å². The lowest BCUT2D eigenvalue weighted by Crippen LogP contribution is -2.39. The van der Waals surface area contributed by atoms with Crippen LogP contribution < -0.4 is 0 Å². The number of aromatic nitrogens is 2. The molecule has 1 unspecified atom stereocenters. The highest BCUT2D eigenvalue weighted by Crippen LogP contribution is 2.34. The van der Waals surface area contributed by atoms with Crippen LogP contribution in [0.1, 0.15) is 36.4 Å². The van der Waals surface area contributed by atoms with Crippen molar-refractivity contribution in [3.05, 3.63) is 52.6 Å². The molecule has 0 radical (unpaired) electrons. The summed E-state index contributed by atoms with van der Waals surface area (Å²) in [5.41, 5.74) is 0.884. The minimum Gasteiger partial charge on any atom is -0.275 e. The van der Waals surface area contributed by atoms with Gasteiger partial charge >= 0.3 is 0 Å². The van der Waals surface area contributed by atoms with Gasteiger partial charge in [0.15, 0.2) is 0 Å². The molecule has 1 aromatic carbocycles. The molecule has 0 bridgehead atoms. The molecule has 2 aromatic rings. The molecule has 3 rings (SSSR count). The number of halogens is 2. The number of hydrogen-bond donors (Lipinski definition) is 0. The first-order chi connectivity index (χ1) is 11.4. The minimum absolute atomic E-state index is 0.0228. The summed E-state index contributed by atoms with van der Waals surface area (Å²) in [6, 6.07) is 3.94. The molecule has 24 heavy (non-hydrogen) atoms. The molecule has 8 heteroatoms. The zero-order chi connectivity index (χ0) is 17.3. The number of hydrogen-bond acceptors (Lipinski definition) is 3. The Kier molecular flexibility index (Phi) is 4.94. The van der Waals surface area contributed by atoms with Gasteiger partial charge in [0.05, 0.1) is 18.0 Å². The summed E-state index contributed by atoms with van der Waals surface area (Å²) in [7, 11) is -1.90. The Labute approximate surface area is 146 Å². The van der Waals surface area contributed by atoms with Crippen LogP contribution in [0.5, 0.6) is 0 Å². The molecule has 0 N–H and O–H groups in total. The molecule has 2 heterocycles. The monoisotopic (exact) mass is 371 g/mol. The number of benzene rings is 1. The van der Waals surface area contributed by atoms with E-state index in [9.17, 15) is 12.8 Å². The van der Waals surface area contributed by atoms with E-state index >= 15 is 0 Å². The number of sulfonamides is 1. The maximum absolute atomic E-state index is 14.0. The van der Waals surface area contributed by atoms with Crippen LogP contribution in [0, 0.1) is 5.82 Å². The van der Waals surface area contributed by atoms with Crippen LogP contribution >= 0.6 is 11.6 Å². The molecule has 0 spiro atoms. The lowest BCUT2D eigenvalue weighted by Gasteiger charge is -2.34. The fourth-order valence-corrected chi connectivity index (χ4v) is 5.27. The first-order valence-electron chi connectivity index (χ1n) is 7.79. The van der Waals surface area contributed by atoms with Crippen LogP contribution in [-0.4, -0.2) is 29.0 Å². The van der Waals surface area contributed by atoms with Crippen molar-refractivity contribution in [3.63, 3.8) is 0 Å². The van der Waals surface area contributed by atoms with E-state index in [0.717, 1.165) is 24.8 Å². The molecule has 0 amide bonds. The van der Waals surface area contributed by atoms with Crippen molar-refractivity contribution in [3.8, 4) is 0 Å². The van der Waals surface area contributed by atoms with E-state index in [-0.39, 0.29) is 16.6 Å². The predicted molar refractivity (Wildman–Crippen MR) is 90.5 cm³/mol. The van der Waals surface area contributed by atoms with Gasteiger partial charge in [-0.15, -0.1) is 0 Å². The second-order valence-corrected chi connectivity index (χ2v) is 8.35. The molecule has 1 aliphatic heterocycles. The molecule has 1 aliphatic rings. The van der Waals surface area contributed by atoms with Crippen molar-refractivity contribution in [2.24, 2.45) is 7.05 Å². The molecule has 1 aromatic heterocycles. The zero-order valence-corrected chi connectivity index (χ0v) is 14.9. The van der Waals surface area contributed by atoms with Gasteiger partial charge in [-0.25, -0.2) is 12.8 Å². The topological polar surface area (TPSA) is 55.2 Å². The molecule has 0 aliphatic carbocycles. The van der Waals surface area contributed by atoms with E-state index in [4.69, 9.17) is 11.6 Å². The van der Waals surface area contributed by atoms with Gasteiger partial charge in [0.2, 0.25) is 10.0 Å². The zero-order valence-electron chi connectivity index (χ0n) is 13.3. The maximum Gasteiger partial charge on any atom is 0.219 e. The molecule has 1 saturated heterocycles. The first-order valence-corrected chi connectivity index (χ1v) is 9.78. The van der Waals surface area contributed by atoms with Crippen LogP contribution in [0.2, 0.25) is 5.02 Å². The average molecular weight is 372 g/mol. The molecular weight excluding hydrogens is 353 g/mol. The van der Waals surface area contributed by atoms with Gasteiger partial charge in [0, 0.05) is 35.9 Å². The van der Waals surface area contributed by atoms with Crippen LogP contribution in [0.25, 0.3) is 0 Å². The smallest absolute Gasteiger partial charge is 0.219 e. The third kappa shape index (κ3) is 3.48. The molecule has 0 saturated carbocycles.